The van der Waals surface area contributed by atoms with Crippen molar-refractivity contribution in [1.82, 2.24) is 0 Å². The molecule has 1 aliphatic heterocycles. The van der Waals surface area contributed by atoms with E-state index in [1.807, 2.05) is 19.9 Å². The number of allylic oxidation sites excluding steroid dienone is 1. The molecule has 6 heteroatoms. The van der Waals surface area contributed by atoms with Crippen molar-refractivity contribution in [3.8, 4) is 0 Å². The first-order valence-corrected chi connectivity index (χ1v) is 10.8. The molecule has 1 saturated carbocycles. The van der Waals surface area contributed by atoms with Crippen molar-refractivity contribution < 1.29 is 14.3 Å². The molecule has 0 aromatic heterocycles. The number of hydrogen-bond acceptors (Lipinski definition) is 4. The van der Waals surface area contributed by atoms with E-state index >= 15 is 0 Å². The van der Waals surface area contributed by atoms with Crippen LogP contribution in [0, 0.1) is 11.3 Å². The summed E-state index contributed by atoms with van der Waals surface area (Å²) in [5.41, 5.74) is 2.53. The monoisotopic (exact) mass is 435 g/mol. The Bertz CT molecular complexity index is 901. The summed E-state index contributed by atoms with van der Waals surface area (Å²) in [4.78, 5) is 30.9. The average molecular weight is 436 g/mol. The number of nitrogens with zero attached hydrogens (tertiary/aromatic N) is 1. The third kappa shape index (κ3) is 4.59. The minimum absolute atomic E-state index is 0.0995. The van der Waals surface area contributed by atoms with Gasteiger partial charge in [0.25, 0.3) is 0 Å². The summed E-state index contributed by atoms with van der Waals surface area (Å²) in [6, 6.07) is 5.29. The van der Waals surface area contributed by atoms with Gasteiger partial charge in [0, 0.05) is 23.7 Å². The maximum absolute atomic E-state index is 13.2. The second-order valence-electron chi connectivity index (χ2n) is 8.70. The molecular formula is C23H27Cl2NO3. The number of esters is 1. The van der Waals surface area contributed by atoms with Gasteiger partial charge in [-0.15, -0.1) is 0 Å². The fraction of sp³-hybridized carbons (Fsp3) is 0.522. The van der Waals surface area contributed by atoms with E-state index in [2.05, 4.69) is 13.8 Å². The van der Waals surface area contributed by atoms with E-state index in [4.69, 9.17) is 32.9 Å². The lowest BCUT2D eigenvalue weighted by Gasteiger charge is -2.41. The molecule has 0 spiro atoms. The highest BCUT2D eigenvalue weighted by Crippen LogP contribution is 2.47. The zero-order valence-corrected chi connectivity index (χ0v) is 18.9. The normalized spacial score (nSPS) is 23.5. The minimum atomic E-state index is -0.474. The van der Waals surface area contributed by atoms with E-state index in [9.17, 15) is 9.59 Å². The Morgan fingerprint density at radius 1 is 1.21 bits per heavy atom. The topological polar surface area (TPSA) is 55.7 Å². The molecule has 2 atom stereocenters. The number of aliphatic imine (C=N–C) groups is 1. The fourth-order valence-electron chi connectivity index (χ4n) is 4.31. The maximum Gasteiger partial charge on any atom is 0.336 e. The van der Waals surface area contributed by atoms with Crippen LogP contribution < -0.4 is 0 Å². The Balaban J connectivity index is 2.10. The van der Waals surface area contributed by atoms with Crippen LogP contribution in [-0.4, -0.2) is 24.1 Å². The zero-order valence-electron chi connectivity index (χ0n) is 17.4. The summed E-state index contributed by atoms with van der Waals surface area (Å²) in [5.74, 6) is -1.25. The summed E-state index contributed by atoms with van der Waals surface area (Å²) < 4.78 is 5.52. The van der Waals surface area contributed by atoms with Crippen molar-refractivity contribution >= 4 is 40.7 Å². The number of Topliss-reactive ketones (excluding diaryl/α,β-unsaturated/α-hetero) is 1. The first-order chi connectivity index (χ1) is 13.6. The molecule has 29 heavy (non-hydrogen) atoms. The van der Waals surface area contributed by atoms with Gasteiger partial charge in [-0.2, -0.15) is 0 Å². The highest BCUT2D eigenvalue weighted by molar-refractivity contribution is 6.42. The van der Waals surface area contributed by atoms with Gasteiger partial charge in [0.1, 0.15) is 5.78 Å². The number of hydrogen-bond donors (Lipinski definition) is 0. The number of fused-ring (bicyclic) bond motifs is 1. The number of halogens is 2. The molecular weight excluding hydrogens is 409 g/mol. The number of carbonyl (C=O) groups is 2. The molecule has 1 fully saturated rings. The van der Waals surface area contributed by atoms with E-state index in [0.29, 0.717) is 34.3 Å². The summed E-state index contributed by atoms with van der Waals surface area (Å²) in [5, 5.41) is 0.831. The van der Waals surface area contributed by atoms with Crippen LogP contribution in [-0.2, 0) is 14.3 Å². The molecule has 0 bridgehead atoms. The first kappa shape index (κ1) is 22.0. The van der Waals surface area contributed by atoms with E-state index in [1.54, 1.807) is 12.1 Å². The molecule has 1 aliphatic carbocycles. The molecule has 0 amide bonds. The molecule has 0 saturated heterocycles. The Kier molecular flexibility index (Phi) is 6.54. The van der Waals surface area contributed by atoms with Gasteiger partial charge in [0.2, 0.25) is 0 Å². The number of ketones is 1. The molecule has 0 N–H and O–H groups in total. The predicted octanol–water partition coefficient (Wildman–Crippen LogP) is 6.15. The number of unbranched alkanes of at least 4 members (excludes halogenated alkanes) is 1. The lowest BCUT2D eigenvalue weighted by Crippen LogP contribution is -2.44. The third-order valence-electron chi connectivity index (χ3n) is 5.62. The van der Waals surface area contributed by atoms with Gasteiger partial charge in [-0.25, -0.2) is 4.79 Å². The summed E-state index contributed by atoms with van der Waals surface area (Å²) in [6.45, 7) is 8.35. The van der Waals surface area contributed by atoms with Crippen LogP contribution in [0.25, 0.3) is 0 Å². The molecule has 1 aromatic carbocycles. The summed E-state index contributed by atoms with van der Waals surface area (Å²) in [7, 11) is 0. The zero-order chi connectivity index (χ0) is 21.3. The Labute approximate surface area is 182 Å². The number of rotatable bonds is 5. The van der Waals surface area contributed by atoms with Gasteiger partial charge in [-0.3, -0.25) is 9.79 Å². The van der Waals surface area contributed by atoms with Crippen molar-refractivity contribution in [2.45, 2.75) is 59.3 Å². The number of carbonyl (C=O) groups excluding carboxylic acids is 2. The standard InChI is InChI=1S/C23H27Cl2NO3/c1-5-6-9-29-22(28)19-13(2)26-17-11-23(3,4)12-18(27)21(17)20(19)14-7-8-15(24)16(25)10-14/h7-8,10,20-21H,5-6,9,11-12H2,1-4H3. The van der Waals surface area contributed by atoms with E-state index in [-0.39, 0.29) is 11.2 Å². The largest absolute Gasteiger partial charge is 0.462 e. The maximum atomic E-state index is 13.2. The smallest absolute Gasteiger partial charge is 0.336 e. The molecule has 156 valence electrons. The SMILES string of the molecule is CCCCOC(=O)C1=C(C)N=C2CC(C)(C)CC(=O)C2C1c1ccc(Cl)c(Cl)c1. The molecule has 4 nitrogen and oxygen atoms in total. The van der Waals surface area contributed by atoms with Crippen LogP contribution in [0.4, 0.5) is 0 Å². The third-order valence-corrected chi connectivity index (χ3v) is 6.36. The van der Waals surface area contributed by atoms with E-state index in [0.717, 1.165) is 30.5 Å². The number of ether oxygens (including phenoxy) is 1. The quantitative estimate of drug-likeness (QED) is 0.411. The van der Waals surface area contributed by atoms with Gasteiger partial charge in [-0.1, -0.05) is 56.5 Å². The predicted molar refractivity (Wildman–Crippen MR) is 117 cm³/mol. The van der Waals surface area contributed by atoms with Crippen LogP contribution in [0.5, 0.6) is 0 Å². The molecule has 2 aliphatic rings. The van der Waals surface area contributed by atoms with Crippen LogP contribution in [0.3, 0.4) is 0 Å². The van der Waals surface area contributed by atoms with Crippen molar-refractivity contribution in [2.24, 2.45) is 16.3 Å². The van der Waals surface area contributed by atoms with Gasteiger partial charge >= 0.3 is 5.97 Å². The molecule has 0 radical (unpaired) electrons. The van der Waals surface area contributed by atoms with Crippen molar-refractivity contribution in [3.05, 3.63) is 45.1 Å². The van der Waals surface area contributed by atoms with Crippen molar-refractivity contribution in [1.29, 1.82) is 0 Å². The minimum Gasteiger partial charge on any atom is -0.462 e. The van der Waals surface area contributed by atoms with Crippen molar-refractivity contribution in [2.75, 3.05) is 6.61 Å². The second kappa shape index (κ2) is 8.61. The highest BCUT2D eigenvalue weighted by Gasteiger charge is 2.47. The average Bonchev–Trinajstić information content (AvgIpc) is 2.61. The second-order valence-corrected chi connectivity index (χ2v) is 9.52. The van der Waals surface area contributed by atoms with Gasteiger partial charge in [0.15, 0.2) is 0 Å². The first-order valence-electron chi connectivity index (χ1n) is 10.1. The van der Waals surface area contributed by atoms with Gasteiger partial charge < -0.3 is 4.74 Å². The Morgan fingerprint density at radius 3 is 2.59 bits per heavy atom. The van der Waals surface area contributed by atoms with Crippen LogP contribution >= 0.6 is 23.2 Å². The Hall–Kier alpha value is -1.65. The lowest BCUT2D eigenvalue weighted by molar-refractivity contribution is -0.139. The highest BCUT2D eigenvalue weighted by atomic mass is 35.5. The van der Waals surface area contributed by atoms with Crippen LogP contribution in [0.15, 0.2) is 34.5 Å². The molecule has 1 aromatic rings. The van der Waals surface area contributed by atoms with E-state index in [1.165, 1.54) is 0 Å². The van der Waals surface area contributed by atoms with Gasteiger partial charge in [-0.05, 0) is 42.9 Å². The Morgan fingerprint density at radius 2 is 1.93 bits per heavy atom. The van der Waals surface area contributed by atoms with Crippen molar-refractivity contribution in [3.63, 3.8) is 0 Å². The number of benzene rings is 1. The molecule has 1 heterocycles. The lowest BCUT2D eigenvalue weighted by atomic mass is 9.63. The fourth-order valence-corrected chi connectivity index (χ4v) is 4.62. The van der Waals surface area contributed by atoms with Crippen LogP contribution in [0.2, 0.25) is 10.0 Å². The summed E-state index contributed by atoms with van der Waals surface area (Å²) >= 11 is 12.4. The molecule has 3 rings (SSSR count). The summed E-state index contributed by atoms with van der Waals surface area (Å²) in [6.07, 6.45) is 2.89. The van der Waals surface area contributed by atoms with Gasteiger partial charge in [0.05, 0.1) is 28.1 Å². The van der Waals surface area contributed by atoms with E-state index < -0.39 is 17.8 Å². The van der Waals surface area contributed by atoms with Crippen LogP contribution in [0.1, 0.15) is 64.9 Å². The molecule has 2 unspecified atom stereocenters.